The zero-order valence-corrected chi connectivity index (χ0v) is 11.7. The van der Waals surface area contributed by atoms with Crippen molar-refractivity contribution >= 4 is 0 Å². The van der Waals surface area contributed by atoms with Gasteiger partial charge in [0.1, 0.15) is 11.6 Å². The van der Waals surface area contributed by atoms with Crippen molar-refractivity contribution in [3.8, 4) is 17.0 Å². The second-order valence-corrected chi connectivity index (χ2v) is 5.04. The van der Waals surface area contributed by atoms with Crippen LogP contribution in [0.4, 0.5) is 13.2 Å². The Morgan fingerprint density at radius 2 is 1.82 bits per heavy atom. The highest BCUT2D eigenvalue weighted by Gasteiger charge is 2.31. The van der Waals surface area contributed by atoms with E-state index in [1.165, 1.54) is 12.1 Å². The molecule has 0 bridgehead atoms. The normalized spacial score (nSPS) is 14.0. The Labute approximate surface area is 125 Å². The van der Waals surface area contributed by atoms with E-state index in [1.54, 1.807) is 12.1 Å². The van der Waals surface area contributed by atoms with Crippen molar-refractivity contribution < 1.29 is 17.9 Å². The average Bonchev–Trinajstić information content (AvgIpc) is 2.93. The first-order valence-corrected chi connectivity index (χ1v) is 6.91. The minimum atomic E-state index is -4.69. The van der Waals surface area contributed by atoms with Crippen molar-refractivity contribution in [3.05, 3.63) is 41.3 Å². The summed E-state index contributed by atoms with van der Waals surface area (Å²) in [6.07, 6.45) is -1.94. The average molecular weight is 309 g/mol. The van der Waals surface area contributed by atoms with Crippen LogP contribution in [-0.4, -0.2) is 16.3 Å². The molecule has 0 spiro atoms. The molecule has 0 amide bonds. The summed E-state index contributed by atoms with van der Waals surface area (Å²) in [7, 11) is 0. The van der Waals surface area contributed by atoms with Crippen LogP contribution < -0.4 is 10.5 Å². The van der Waals surface area contributed by atoms with E-state index in [-0.39, 0.29) is 12.3 Å². The minimum Gasteiger partial charge on any atom is -0.406 e. The molecule has 22 heavy (non-hydrogen) atoms. The van der Waals surface area contributed by atoms with Gasteiger partial charge in [0.2, 0.25) is 0 Å². The number of aryl methyl sites for hydroxylation is 1. The first kappa shape index (κ1) is 14.8. The van der Waals surface area contributed by atoms with Gasteiger partial charge in [-0.3, -0.25) is 0 Å². The fourth-order valence-electron chi connectivity index (χ4n) is 2.63. The number of rotatable bonds is 3. The predicted molar refractivity (Wildman–Crippen MR) is 74.1 cm³/mol. The molecule has 2 aromatic rings. The number of benzene rings is 1. The van der Waals surface area contributed by atoms with Crippen molar-refractivity contribution in [1.82, 2.24) is 9.97 Å². The first-order chi connectivity index (χ1) is 10.5. The second kappa shape index (κ2) is 5.57. The standard InChI is InChI=1S/C15H14F3N3O/c16-15(17,18)22-10-6-4-9(5-7-10)14-11-2-1-3-12(11)20-13(8-19)21-14/h4-7H,1-3,8,19H2. The van der Waals surface area contributed by atoms with Crippen LogP contribution in [0.2, 0.25) is 0 Å². The van der Waals surface area contributed by atoms with Crippen molar-refractivity contribution in [2.75, 3.05) is 0 Å². The Kier molecular flexibility index (Phi) is 3.74. The van der Waals surface area contributed by atoms with Gasteiger partial charge in [-0.25, -0.2) is 9.97 Å². The number of nitrogens with two attached hydrogens (primary N) is 1. The zero-order valence-electron chi connectivity index (χ0n) is 11.7. The number of nitrogens with zero attached hydrogens (tertiary/aromatic N) is 2. The Bertz CT molecular complexity index is 684. The SMILES string of the molecule is NCc1nc2c(c(-c3ccc(OC(F)(F)F)cc3)n1)CCC2. The molecule has 0 radical (unpaired) electrons. The molecule has 4 nitrogen and oxygen atoms in total. The van der Waals surface area contributed by atoms with Crippen LogP contribution in [0.25, 0.3) is 11.3 Å². The van der Waals surface area contributed by atoms with Gasteiger partial charge in [-0.2, -0.15) is 0 Å². The van der Waals surface area contributed by atoms with Gasteiger partial charge in [-0.15, -0.1) is 13.2 Å². The number of hydrogen-bond donors (Lipinski definition) is 1. The van der Waals surface area contributed by atoms with Crippen molar-refractivity contribution in [2.45, 2.75) is 32.2 Å². The van der Waals surface area contributed by atoms with E-state index in [0.29, 0.717) is 5.82 Å². The van der Waals surface area contributed by atoms with Gasteiger partial charge < -0.3 is 10.5 Å². The van der Waals surface area contributed by atoms with Gasteiger partial charge >= 0.3 is 6.36 Å². The highest BCUT2D eigenvalue weighted by molar-refractivity contribution is 5.65. The van der Waals surface area contributed by atoms with Crippen molar-refractivity contribution in [2.24, 2.45) is 5.73 Å². The maximum Gasteiger partial charge on any atom is 0.573 e. The molecule has 0 unspecified atom stereocenters. The number of halogens is 3. The van der Waals surface area contributed by atoms with E-state index < -0.39 is 6.36 Å². The molecule has 0 aliphatic heterocycles. The van der Waals surface area contributed by atoms with Crippen LogP contribution >= 0.6 is 0 Å². The lowest BCUT2D eigenvalue weighted by atomic mass is 10.0. The molecule has 7 heteroatoms. The lowest BCUT2D eigenvalue weighted by molar-refractivity contribution is -0.274. The molecule has 3 rings (SSSR count). The lowest BCUT2D eigenvalue weighted by Crippen LogP contribution is -2.17. The molecule has 116 valence electrons. The number of alkyl halides is 3. The predicted octanol–water partition coefficient (Wildman–Crippen LogP) is 2.99. The van der Waals surface area contributed by atoms with Gasteiger partial charge in [-0.05, 0) is 43.5 Å². The van der Waals surface area contributed by atoms with E-state index in [1.807, 2.05) is 0 Å². The van der Waals surface area contributed by atoms with Gasteiger partial charge in [0.15, 0.2) is 0 Å². The van der Waals surface area contributed by atoms with Crippen molar-refractivity contribution in [3.63, 3.8) is 0 Å². The minimum absolute atomic E-state index is 0.232. The summed E-state index contributed by atoms with van der Waals surface area (Å²) in [5, 5.41) is 0. The van der Waals surface area contributed by atoms with Gasteiger partial charge in [0.25, 0.3) is 0 Å². The summed E-state index contributed by atoms with van der Waals surface area (Å²) in [4.78, 5) is 8.85. The Morgan fingerprint density at radius 3 is 2.45 bits per heavy atom. The Morgan fingerprint density at radius 1 is 1.09 bits per heavy atom. The number of aromatic nitrogens is 2. The fourth-order valence-corrected chi connectivity index (χ4v) is 2.63. The van der Waals surface area contributed by atoms with Crippen LogP contribution in [0.15, 0.2) is 24.3 Å². The molecule has 0 saturated heterocycles. The topological polar surface area (TPSA) is 61.0 Å². The van der Waals surface area contributed by atoms with Crippen LogP contribution in [0.3, 0.4) is 0 Å². The summed E-state index contributed by atoms with van der Waals surface area (Å²) in [5.41, 5.74) is 9.15. The third-order valence-corrected chi connectivity index (χ3v) is 3.52. The first-order valence-electron chi connectivity index (χ1n) is 6.91. The third-order valence-electron chi connectivity index (χ3n) is 3.52. The number of hydrogen-bond acceptors (Lipinski definition) is 4. The molecule has 1 aliphatic rings. The molecule has 1 aromatic carbocycles. The van der Waals surface area contributed by atoms with Gasteiger partial charge in [0.05, 0.1) is 12.2 Å². The van der Waals surface area contributed by atoms with E-state index >= 15 is 0 Å². The largest absolute Gasteiger partial charge is 0.573 e. The van der Waals surface area contributed by atoms with Crippen LogP contribution in [0.5, 0.6) is 5.75 Å². The van der Waals surface area contributed by atoms with E-state index in [2.05, 4.69) is 14.7 Å². The Hall–Kier alpha value is -2.15. The maximum atomic E-state index is 12.2. The monoisotopic (exact) mass is 309 g/mol. The fraction of sp³-hybridized carbons (Fsp3) is 0.333. The summed E-state index contributed by atoms with van der Waals surface area (Å²) in [5.74, 6) is 0.298. The van der Waals surface area contributed by atoms with E-state index in [0.717, 1.165) is 41.8 Å². The van der Waals surface area contributed by atoms with Crippen LogP contribution in [0, 0.1) is 0 Å². The van der Waals surface area contributed by atoms with E-state index in [4.69, 9.17) is 5.73 Å². The number of ether oxygens (including phenoxy) is 1. The van der Waals surface area contributed by atoms with Gasteiger partial charge in [-0.1, -0.05) is 0 Å². The third kappa shape index (κ3) is 3.04. The maximum absolute atomic E-state index is 12.2. The summed E-state index contributed by atoms with van der Waals surface area (Å²) >= 11 is 0. The van der Waals surface area contributed by atoms with Crippen LogP contribution in [0.1, 0.15) is 23.5 Å². The van der Waals surface area contributed by atoms with Gasteiger partial charge in [0, 0.05) is 16.8 Å². The highest BCUT2D eigenvalue weighted by atomic mass is 19.4. The quantitative estimate of drug-likeness (QED) is 0.947. The molecule has 1 aromatic heterocycles. The summed E-state index contributed by atoms with van der Waals surface area (Å²) in [6.45, 7) is 0.232. The summed E-state index contributed by atoms with van der Waals surface area (Å²) < 4.78 is 40.4. The van der Waals surface area contributed by atoms with Crippen LogP contribution in [-0.2, 0) is 19.4 Å². The molecule has 2 N–H and O–H groups in total. The lowest BCUT2D eigenvalue weighted by Gasteiger charge is -2.11. The van der Waals surface area contributed by atoms with E-state index in [9.17, 15) is 13.2 Å². The molecule has 1 aliphatic carbocycles. The molecule has 0 fully saturated rings. The Balaban J connectivity index is 1.96. The molecule has 1 heterocycles. The molecule has 0 saturated carbocycles. The number of fused-ring (bicyclic) bond motifs is 1. The smallest absolute Gasteiger partial charge is 0.406 e. The zero-order chi connectivity index (χ0) is 15.7. The second-order valence-electron chi connectivity index (χ2n) is 5.04. The molecular formula is C15H14F3N3O. The van der Waals surface area contributed by atoms with Crippen molar-refractivity contribution in [1.29, 1.82) is 0 Å². The molecular weight excluding hydrogens is 295 g/mol. The summed E-state index contributed by atoms with van der Waals surface area (Å²) in [6, 6.07) is 5.72. The highest BCUT2D eigenvalue weighted by Crippen LogP contribution is 2.31. The molecule has 0 atom stereocenters.